The van der Waals surface area contributed by atoms with Crippen molar-refractivity contribution in [3.8, 4) is 11.5 Å². The first-order chi connectivity index (χ1) is 12.5. The summed E-state index contributed by atoms with van der Waals surface area (Å²) in [7, 11) is 0. The van der Waals surface area contributed by atoms with Crippen LogP contribution in [0.4, 0.5) is 0 Å². The second kappa shape index (κ2) is 9.13. The molecule has 0 spiro atoms. The molecule has 0 saturated heterocycles. The van der Waals surface area contributed by atoms with Crippen LogP contribution >= 0.6 is 0 Å². The SMILES string of the molecule is C/C=C(\OC1=CCCC(O)=C1C=O)C(CCCC)c1ccc(O)c(O)c1. The Morgan fingerprint density at radius 2 is 2.04 bits per heavy atom. The number of ether oxygens (including phenoxy) is 1. The Bertz CT molecular complexity index is 743. The minimum absolute atomic E-state index is 0.0420. The number of hydrogen-bond acceptors (Lipinski definition) is 5. The topological polar surface area (TPSA) is 87.0 Å². The fourth-order valence-corrected chi connectivity index (χ4v) is 3.05. The molecule has 0 fully saturated rings. The summed E-state index contributed by atoms with van der Waals surface area (Å²) in [5, 5.41) is 29.4. The monoisotopic (exact) mass is 358 g/mol. The van der Waals surface area contributed by atoms with Gasteiger partial charge in [0, 0.05) is 12.3 Å². The number of aromatic hydroxyl groups is 2. The van der Waals surface area contributed by atoms with E-state index < -0.39 is 0 Å². The highest BCUT2D eigenvalue weighted by Gasteiger charge is 2.23. The summed E-state index contributed by atoms with van der Waals surface area (Å²) < 4.78 is 6.03. The molecule has 0 aliphatic heterocycles. The van der Waals surface area contributed by atoms with Gasteiger partial charge in [0.05, 0.1) is 5.57 Å². The first-order valence-electron chi connectivity index (χ1n) is 8.95. The molecule has 0 saturated carbocycles. The molecule has 1 aliphatic carbocycles. The predicted molar refractivity (Wildman–Crippen MR) is 99.9 cm³/mol. The van der Waals surface area contributed by atoms with Crippen molar-refractivity contribution in [1.29, 1.82) is 0 Å². The number of benzene rings is 1. The summed E-state index contributed by atoms with van der Waals surface area (Å²) in [5.41, 5.74) is 0.998. The average molecular weight is 358 g/mol. The van der Waals surface area contributed by atoms with E-state index in [1.165, 1.54) is 12.1 Å². The van der Waals surface area contributed by atoms with Gasteiger partial charge in [-0.05, 0) is 49.6 Å². The van der Waals surface area contributed by atoms with E-state index in [-0.39, 0.29) is 28.7 Å². The zero-order valence-corrected chi connectivity index (χ0v) is 15.2. The summed E-state index contributed by atoms with van der Waals surface area (Å²) in [4.78, 5) is 11.3. The van der Waals surface area contributed by atoms with Crippen molar-refractivity contribution in [2.45, 2.75) is 51.9 Å². The second-order valence-corrected chi connectivity index (χ2v) is 6.32. The van der Waals surface area contributed by atoms with Gasteiger partial charge >= 0.3 is 0 Å². The molecule has 5 heteroatoms. The van der Waals surface area contributed by atoms with Crippen molar-refractivity contribution in [2.75, 3.05) is 0 Å². The molecule has 1 aromatic rings. The smallest absolute Gasteiger partial charge is 0.157 e. The molecule has 0 aromatic heterocycles. The van der Waals surface area contributed by atoms with Crippen molar-refractivity contribution in [2.24, 2.45) is 0 Å². The fourth-order valence-electron chi connectivity index (χ4n) is 3.05. The number of unbranched alkanes of at least 4 members (excludes halogenated alkanes) is 1. The Morgan fingerprint density at radius 1 is 1.27 bits per heavy atom. The van der Waals surface area contributed by atoms with Crippen LogP contribution in [-0.2, 0) is 9.53 Å². The molecule has 5 nitrogen and oxygen atoms in total. The Balaban J connectivity index is 2.34. The van der Waals surface area contributed by atoms with Crippen LogP contribution in [0.25, 0.3) is 0 Å². The summed E-state index contributed by atoms with van der Waals surface area (Å²) in [6.07, 6.45) is 8.03. The van der Waals surface area contributed by atoms with Crippen molar-refractivity contribution in [3.63, 3.8) is 0 Å². The van der Waals surface area contributed by atoms with Gasteiger partial charge in [-0.25, -0.2) is 0 Å². The van der Waals surface area contributed by atoms with Crippen LogP contribution in [0.15, 0.2) is 53.2 Å². The zero-order chi connectivity index (χ0) is 19.1. The molecule has 0 heterocycles. The zero-order valence-electron chi connectivity index (χ0n) is 15.2. The number of aliphatic hydroxyl groups is 1. The lowest BCUT2D eigenvalue weighted by Crippen LogP contribution is -2.11. The van der Waals surface area contributed by atoms with Gasteiger partial charge < -0.3 is 20.1 Å². The van der Waals surface area contributed by atoms with Gasteiger partial charge in [-0.1, -0.05) is 25.8 Å². The first-order valence-corrected chi connectivity index (χ1v) is 8.95. The lowest BCUT2D eigenvalue weighted by Gasteiger charge is -2.24. The molecule has 140 valence electrons. The van der Waals surface area contributed by atoms with Crippen molar-refractivity contribution in [3.05, 3.63) is 58.8 Å². The van der Waals surface area contributed by atoms with E-state index in [0.717, 1.165) is 24.8 Å². The molecule has 1 aromatic carbocycles. The van der Waals surface area contributed by atoms with E-state index in [4.69, 9.17) is 4.74 Å². The number of carbonyl (C=O) groups excluding carboxylic acids is 1. The third-order valence-corrected chi connectivity index (χ3v) is 4.51. The van der Waals surface area contributed by atoms with E-state index in [1.807, 2.05) is 13.0 Å². The molecule has 0 bridgehead atoms. The highest BCUT2D eigenvalue weighted by atomic mass is 16.5. The van der Waals surface area contributed by atoms with Gasteiger partial charge in [-0.3, -0.25) is 4.79 Å². The average Bonchev–Trinajstić information content (AvgIpc) is 2.63. The lowest BCUT2D eigenvalue weighted by molar-refractivity contribution is -0.105. The van der Waals surface area contributed by atoms with Crippen molar-refractivity contribution < 1.29 is 24.9 Å². The fraction of sp³-hybridized carbons (Fsp3) is 0.381. The number of phenols is 2. The third-order valence-electron chi connectivity index (χ3n) is 4.51. The van der Waals surface area contributed by atoms with E-state index >= 15 is 0 Å². The molecule has 1 unspecified atom stereocenters. The van der Waals surface area contributed by atoms with Crippen LogP contribution in [0.5, 0.6) is 11.5 Å². The maximum Gasteiger partial charge on any atom is 0.157 e. The first kappa shape index (κ1) is 19.6. The molecule has 1 aliphatic rings. The molecule has 0 amide bonds. The third kappa shape index (κ3) is 4.48. The van der Waals surface area contributed by atoms with E-state index in [2.05, 4.69) is 6.92 Å². The standard InChI is InChI=1S/C21H26O5/c1-3-5-7-15(14-10-11-18(24)19(25)12-14)20(4-2)26-21-9-6-8-17(23)16(21)13-22/h4,9-13,15,23-25H,3,5-8H2,1-2H3/b20-4-. The highest BCUT2D eigenvalue weighted by molar-refractivity contribution is 5.80. The molecule has 0 radical (unpaired) electrons. The minimum Gasteiger partial charge on any atom is -0.511 e. The Hall–Kier alpha value is -2.69. The Kier molecular flexibility index (Phi) is 6.89. The summed E-state index contributed by atoms with van der Waals surface area (Å²) in [6.45, 7) is 3.94. The maximum absolute atomic E-state index is 11.3. The van der Waals surface area contributed by atoms with Gasteiger partial charge in [-0.15, -0.1) is 0 Å². The molecule has 3 N–H and O–H groups in total. The molecule has 26 heavy (non-hydrogen) atoms. The van der Waals surface area contributed by atoms with Gasteiger partial charge in [0.15, 0.2) is 17.8 Å². The lowest BCUT2D eigenvalue weighted by atomic mass is 9.91. The number of allylic oxidation sites excluding steroid dienone is 5. The predicted octanol–water partition coefficient (Wildman–Crippen LogP) is 4.98. The van der Waals surface area contributed by atoms with E-state index in [1.54, 1.807) is 12.1 Å². The van der Waals surface area contributed by atoms with Crippen molar-refractivity contribution >= 4 is 6.29 Å². The molecular weight excluding hydrogens is 332 g/mol. The largest absolute Gasteiger partial charge is 0.511 e. The van der Waals surface area contributed by atoms with E-state index in [0.29, 0.717) is 30.6 Å². The van der Waals surface area contributed by atoms with Gasteiger partial charge in [0.25, 0.3) is 0 Å². The van der Waals surface area contributed by atoms with Crippen LogP contribution in [-0.4, -0.2) is 21.6 Å². The number of hydrogen-bond donors (Lipinski definition) is 3. The number of rotatable bonds is 8. The van der Waals surface area contributed by atoms with Crippen LogP contribution in [0.1, 0.15) is 57.4 Å². The maximum atomic E-state index is 11.3. The van der Waals surface area contributed by atoms with Gasteiger partial charge in [-0.2, -0.15) is 0 Å². The molecular formula is C21H26O5. The van der Waals surface area contributed by atoms with Gasteiger partial charge in [0.1, 0.15) is 17.3 Å². The van der Waals surface area contributed by atoms with Crippen LogP contribution < -0.4 is 0 Å². The van der Waals surface area contributed by atoms with Gasteiger partial charge in [0.2, 0.25) is 0 Å². The van der Waals surface area contributed by atoms with Crippen molar-refractivity contribution in [1.82, 2.24) is 0 Å². The van der Waals surface area contributed by atoms with Crippen LogP contribution in [0.3, 0.4) is 0 Å². The second-order valence-electron chi connectivity index (χ2n) is 6.32. The Labute approximate surface area is 153 Å². The molecule has 1 atom stereocenters. The number of aldehydes is 1. The normalized spacial score (nSPS) is 16.2. The summed E-state index contributed by atoms with van der Waals surface area (Å²) in [6, 6.07) is 4.75. The summed E-state index contributed by atoms with van der Waals surface area (Å²) in [5.74, 6) is 0.564. The Morgan fingerprint density at radius 3 is 2.65 bits per heavy atom. The number of phenolic OH excluding ortho intramolecular Hbond substituents is 2. The highest BCUT2D eigenvalue weighted by Crippen LogP contribution is 2.37. The molecule has 2 rings (SSSR count). The number of carbonyl (C=O) groups is 1. The quantitative estimate of drug-likeness (QED) is 0.346. The van der Waals surface area contributed by atoms with E-state index in [9.17, 15) is 20.1 Å². The minimum atomic E-state index is -0.178. The number of aliphatic hydroxyl groups excluding tert-OH is 1. The van der Waals surface area contributed by atoms with Crippen LogP contribution in [0, 0.1) is 0 Å². The van der Waals surface area contributed by atoms with Crippen LogP contribution in [0.2, 0.25) is 0 Å². The summed E-state index contributed by atoms with van der Waals surface area (Å²) >= 11 is 0.